The van der Waals surface area contributed by atoms with E-state index in [1.165, 1.54) is 18.2 Å². The van der Waals surface area contributed by atoms with Gasteiger partial charge in [0.1, 0.15) is 11.3 Å². The van der Waals surface area contributed by atoms with Crippen LogP contribution in [0.25, 0.3) is 11.8 Å². The van der Waals surface area contributed by atoms with Crippen LogP contribution in [0.2, 0.25) is 0 Å². The number of aliphatic hydroxyl groups is 1. The third-order valence-electron chi connectivity index (χ3n) is 4.87. The largest absolute Gasteiger partial charge is 0.505 e. The Kier molecular flexibility index (Phi) is 4.79. The molecule has 0 spiro atoms. The average molecular weight is 364 g/mol. The zero-order valence-corrected chi connectivity index (χ0v) is 16.5. The lowest BCUT2D eigenvalue weighted by atomic mass is 10.1. The van der Waals surface area contributed by atoms with Gasteiger partial charge in [0, 0.05) is 17.1 Å². The van der Waals surface area contributed by atoms with Crippen molar-refractivity contribution in [1.82, 2.24) is 4.57 Å². The number of nitrogens with zero attached hydrogens (tertiary/aromatic N) is 2. The van der Waals surface area contributed by atoms with Gasteiger partial charge in [0.15, 0.2) is 5.76 Å². The predicted molar refractivity (Wildman–Crippen MR) is 107 cm³/mol. The molecule has 0 aliphatic carbocycles. The van der Waals surface area contributed by atoms with Gasteiger partial charge < -0.3 is 14.4 Å². The van der Waals surface area contributed by atoms with Crippen LogP contribution in [0.1, 0.15) is 35.0 Å². The summed E-state index contributed by atoms with van der Waals surface area (Å²) in [6.45, 7) is 9.94. The molecule has 0 atom stereocenters. The Hall–Kier alpha value is -3.08. The van der Waals surface area contributed by atoms with Gasteiger partial charge >= 0.3 is 5.97 Å². The summed E-state index contributed by atoms with van der Waals surface area (Å²) in [5.41, 5.74) is 7.55. The molecule has 5 nitrogen and oxygen atoms in total. The molecule has 5 heteroatoms. The zero-order valence-electron chi connectivity index (χ0n) is 16.5. The zero-order chi connectivity index (χ0) is 19.9. The topological polar surface area (TPSA) is 63.8 Å². The molecule has 0 bridgehead atoms. The first kappa shape index (κ1) is 18.7. The summed E-state index contributed by atoms with van der Waals surface area (Å²) in [7, 11) is 1.29. The van der Waals surface area contributed by atoms with Crippen molar-refractivity contribution in [3.63, 3.8) is 0 Å². The van der Waals surface area contributed by atoms with E-state index in [2.05, 4.69) is 47.7 Å². The van der Waals surface area contributed by atoms with Gasteiger partial charge in [-0.3, -0.25) is 0 Å². The number of hydrogen-bond donors (Lipinski definition) is 1. The number of hydrogen-bond acceptors (Lipinski definition) is 4. The van der Waals surface area contributed by atoms with Gasteiger partial charge in [-0.2, -0.15) is 0 Å². The molecule has 140 valence electrons. The highest BCUT2D eigenvalue weighted by molar-refractivity contribution is 6.22. The van der Waals surface area contributed by atoms with Crippen molar-refractivity contribution in [1.29, 1.82) is 0 Å². The number of esters is 1. The van der Waals surface area contributed by atoms with E-state index in [4.69, 9.17) is 4.74 Å². The Morgan fingerprint density at radius 2 is 1.85 bits per heavy atom. The van der Waals surface area contributed by atoms with Crippen LogP contribution in [0.4, 0.5) is 0 Å². The summed E-state index contributed by atoms with van der Waals surface area (Å²) < 4.78 is 6.92. The first-order chi connectivity index (χ1) is 12.7. The summed E-state index contributed by atoms with van der Waals surface area (Å²) in [6.07, 6.45) is 1.80. The second-order valence-electron chi connectivity index (χ2n) is 6.89. The molecule has 0 unspecified atom stereocenters. The fourth-order valence-corrected chi connectivity index (χ4v) is 3.54. The Morgan fingerprint density at radius 1 is 1.15 bits per heavy atom. The van der Waals surface area contributed by atoms with E-state index in [0.29, 0.717) is 11.4 Å². The summed E-state index contributed by atoms with van der Waals surface area (Å²) in [6, 6.07) is 8.43. The Morgan fingerprint density at radius 3 is 2.48 bits per heavy atom. The molecule has 0 amide bonds. The summed E-state index contributed by atoms with van der Waals surface area (Å²) >= 11 is 0. The van der Waals surface area contributed by atoms with Gasteiger partial charge in [-0.05, 0) is 64.0 Å². The molecule has 0 saturated heterocycles. The predicted octanol–water partition coefficient (Wildman–Crippen LogP) is 4.51. The minimum Gasteiger partial charge on any atom is -0.505 e. The fraction of sp³-hybridized carbons (Fsp3) is 0.273. The molecule has 1 N–H and O–H groups in total. The molecule has 2 heterocycles. The number of aliphatic hydroxyl groups excluding tert-OH is 1. The number of methoxy groups -OCH3 is 1. The lowest BCUT2D eigenvalue weighted by molar-refractivity contribution is -0.135. The van der Waals surface area contributed by atoms with Gasteiger partial charge in [0.05, 0.1) is 12.8 Å². The van der Waals surface area contributed by atoms with E-state index in [1.54, 1.807) is 13.0 Å². The van der Waals surface area contributed by atoms with Crippen LogP contribution < -0.4 is 0 Å². The number of aromatic nitrogens is 1. The quantitative estimate of drug-likeness (QED) is 0.815. The van der Waals surface area contributed by atoms with Crippen molar-refractivity contribution >= 4 is 17.8 Å². The molecule has 1 aliphatic rings. The minimum atomic E-state index is -0.585. The lowest BCUT2D eigenvalue weighted by Gasteiger charge is -2.13. The van der Waals surface area contributed by atoms with E-state index in [-0.39, 0.29) is 11.3 Å². The number of benzene rings is 1. The number of carbonyl (C=O) groups excluding carboxylic acids is 1. The van der Waals surface area contributed by atoms with Crippen LogP contribution in [0.5, 0.6) is 0 Å². The number of rotatable bonds is 3. The van der Waals surface area contributed by atoms with Gasteiger partial charge in [0.2, 0.25) is 0 Å². The van der Waals surface area contributed by atoms with E-state index in [1.807, 2.05) is 13.8 Å². The van der Waals surface area contributed by atoms with Crippen LogP contribution in [-0.2, 0) is 9.53 Å². The molecule has 0 radical (unpaired) electrons. The normalized spacial score (nSPS) is 15.5. The SMILES string of the molecule is COC(=O)C1=C(O)/C(=C/c2cc(C)n(-c3ccc(C)cc3C)c2C)N=C1C. The fourth-order valence-electron chi connectivity index (χ4n) is 3.54. The van der Waals surface area contributed by atoms with Gasteiger partial charge in [-0.25, -0.2) is 9.79 Å². The molecule has 27 heavy (non-hydrogen) atoms. The Bertz CT molecular complexity index is 1040. The highest BCUT2D eigenvalue weighted by atomic mass is 16.5. The first-order valence-corrected chi connectivity index (χ1v) is 8.80. The first-order valence-electron chi connectivity index (χ1n) is 8.80. The summed E-state index contributed by atoms with van der Waals surface area (Å²) in [5, 5.41) is 10.4. The van der Waals surface area contributed by atoms with Gasteiger partial charge in [-0.15, -0.1) is 0 Å². The van der Waals surface area contributed by atoms with Crippen molar-refractivity contribution in [2.45, 2.75) is 34.6 Å². The number of carbonyl (C=O) groups is 1. The van der Waals surface area contributed by atoms with Crippen molar-refractivity contribution in [3.8, 4) is 5.69 Å². The Balaban J connectivity index is 2.10. The standard InChI is InChI=1S/C22H24N2O3/c1-12-7-8-19(13(2)9-12)24-14(3)10-17(16(24)5)11-18-21(25)20(15(4)23-18)22(26)27-6/h7-11,25H,1-6H3/b18-11-. The van der Waals surface area contributed by atoms with Crippen LogP contribution in [-0.4, -0.2) is 28.5 Å². The maximum absolute atomic E-state index is 11.9. The van der Waals surface area contributed by atoms with Crippen LogP contribution in [0, 0.1) is 27.7 Å². The van der Waals surface area contributed by atoms with Crippen molar-refractivity contribution in [2.75, 3.05) is 7.11 Å². The summed E-state index contributed by atoms with van der Waals surface area (Å²) in [5.74, 6) is -0.728. The van der Waals surface area contributed by atoms with E-state index < -0.39 is 5.97 Å². The second kappa shape index (κ2) is 6.91. The molecule has 3 rings (SSSR count). The Labute approximate surface area is 159 Å². The lowest BCUT2D eigenvalue weighted by Crippen LogP contribution is -2.11. The van der Waals surface area contributed by atoms with E-state index >= 15 is 0 Å². The van der Waals surface area contributed by atoms with Gasteiger partial charge in [-0.1, -0.05) is 17.7 Å². The van der Waals surface area contributed by atoms with Crippen LogP contribution >= 0.6 is 0 Å². The van der Waals surface area contributed by atoms with Crippen molar-refractivity contribution in [2.24, 2.45) is 4.99 Å². The van der Waals surface area contributed by atoms with Crippen LogP contribution in [0.3, 0.4) is 0 Å². The molecule has 2 aromatic rings. The smallest absolute Gasteiger partial charge is 0.343 e. The van der Waals surface area contributed by atoms with Gasteiger partial charge in [0.25, 0.3) is 0 Å². The van der Waals surface area contributed by atoms with E-state index in [9.17, 15) is 9.90 Å². The molecular weight excluding hydrogens is 340 g/mol. The van der Waals surface area contributed by atoms with Crippen molar-refractivity contribution in [3.05, 3.63) is 69.4 Å². The third-order valence-corrected chi connectivity index (χ3v) is 4.87. The highest BCUT2D eigenvalue weighted by Crippen LogP contribution is 2.30. The highest BCUT2D eigenvalue weighted by Gasteiger charge is 2.27. The third kappa shape index (κ3) is 3.21. The van der Waals surface area contributed by atoms with Crippen LogP contribution in [0.15, 0.2) is 46.3 Å². The number of ether oxygens (including phenoxy) is 1. The molecule has 1 aromatic carbocycles. The molecule has 0 fully saturated rings. The second-order valence-corrected chi connectivity index (χ2v) is 6.89. The maximum Gasteiger partial charge on any atom is 0.343 e. The van der Waals surface area contributed by atoms with E-state index in [0.717, 1.165) is 22.6 Å². The van der Waals surface area contributed by atoms with Crippen molar-refractivity contribution < 1.29 is 14.6 Å². The maximum atomic E-state index is 11.9. The summed E-state index contributed by atoms with van der Waals surface area (Å²) in [4.78, 5) is 16.2. The monoisotopic (exact) mass is 364 g/mol. The number of aryl methyl sites for hydroxylation is 3. The molecule has 0 saturated carbocycles. The molecule has 1 aliphatic heterocycles. The minimum absolute atomic E-state index is 0.118. The number of aliphatic imine (C=N–C) groups is 1. The molecular formula is C22H24N2O3. The average Bonchev–Trinajstić information content (AvgIpc) is 3.04. The molecule has 1 aromatic heterocycles.